The molecule has 5 heteroatoms. The zero-order chi connectivity index (χ0) is 17.1. The third-order valence-corrected chi connectivity index (χ3v) is 5.45. The number of rotatable bonds is 6. The average Bonchev–Trinajstić information content (AvgIpc) is 3.38. The second kappa shape index (κ2) is 7.42. The Kier molecular flexibility index (Phi) is 4.85. The Morgan fingerprint density at radius 2 is 2.16 bits per heavy atom. The molecule has 1 saturated heterocycles. The monoisotopic (exact) mass is 354 g/mol. The van der Waals surface area contributed by atoms with E-state index in [-0.39, 0.29) is 0 Å². The Morgan fingerprint density at radius 1 is 1.28 bits per heavy atom. The molecule has 3 heterocycles. The quantitative estimate of drug-likeness (QED) is 0.614. The fraction of sp³-hybridized carbons (Fsp3) is 0.350. The van der Waals surface area contributed by atoms with E-state index in [1.54, 1.807) is 17.6 Å². The minimum atomic E-state index is 0.442. The van der Waals surface area contributed by atoms with Gasteiger partial charge in [0.25, 0.3) is 0 Å². The Bertz CT molecular complexity index is 795. The summed E-state index contributed by atoms with van der Waals surface area (Å²) in [6.45, 7) is 4.63. The molecule has 1 aromatic carbocycles. The molecule has 0 spiro atoms. The van der Waals surface area contributed by atoms with Crippen LogP contribution >= 0.6 is 11.3 Å². The van der Waals surface area contributed by atoms with Crippen LogP contribution in [0.5, 0.6) is 5.75 Å². The Hall–Kier alpha value is -2.11. The van der Waals surface area contributed by atoms with Crippen LogP contribution in [0.15, 0.2) is 52.5 Å². The van der Waals surface area contributed by atoms with Crippen LogP contribution in [0.4, 0.5) is 0 Å². The molecule has 1 aliphatic rings. The van der Waals surface area contributed by atoms with E-state index in [1.165, 1.54) is 18.4 Å². The number of benzene rings is 1. The van der Waals surface area contributed by atoms with Gasteiger partial charge in [-0.3, -0.25) is 4.90 Å². The third kappa shape index (κ3) is 3.62. The van der Waals surface area contributed by atoms with Gasteiger partial charge >= 0.3 is 0 Å². The second-order valence-corrected chi connectivity index (χ2v) is 7.20. The predicted molar refractivity (Wildman–Crippen MR) is 99.8 cm³/mol. The molecule has 1 aliphatic heterocycles. The lowest BCUT2D eigenvalue weighted by molar-refractivity contribution is 0.245. The molecule has 0 bridgehead atoms. The second-order valence-electron chi connectivity index (χ2n) is 6.25. The van der Waals surface area contributed by atoms with E-state index in [4.69, 9.17) is 9.15 Å². The maximum atomic E-state index is 5.66. The van der Waals surface area contributed by atoms with E-state index < -0.39 is 0 Å². The van der Waals surface area contributed by atoms with Gasteiger partial charge in [0.15, 0.2) is 0 Å². The van der Waals surface area contributed by atoms with Crippen molar-refractivity contribution < 1.29 is 9.15 Å². The molecule has 4 nitrogen and oxygen atoms in total. The fourth-order valence-electron chi connectivity index (χ4n) is 3.45. The van der Waals surface area contributed by atoms with Crippen LogP contribution in [0, 0.1) is 0 Å². The maximum Gasteiger partial charge on any atom is 0.236 e. The van der Waals surface area contributed by atoms with Gasteiger partial charge in [-0.1, -0.05) is 18.2 Å². The van der Waals surface area contributed by atoms with E-state index in [2.05, 4.69) is 34.1 Å². The highest BCUT2D eigenvalue weighted by molar-refractivity contribution is 7.13. The molecule has 130 valence electrons. The van der Waals surface area contributed by atoms with Gasteiger partial charge in [0.2, 0.25) is 5.89 Å². The average molecular weight is 354 g/mol. The zero-order valence-electron chi connectivity index (χ0n) is 14.4. The molecule has 25 heavy (non-hydrogen) atoms. The topological polar surface area (TPSA) is 38.5 Å². The van der Waals surface area contributed by atoms with Crippen LogP contribution < -0.4 is 4.74 Å². The molecule has 0 radical (unpaired) electrons. The van der Waals surface area contributed by atoms with Gasteiger partial charge < -0.3 is 9.15 Å². The highest BCUT2D eigenvalue weighted by Crippen LogP contribution is 2.34. The van der Waals surface area contributed by atoms with Crippen molar-refractivity contribution >= 4 is 11.3 Å². The van der Waals surface area contributed by atoms with Gasteiger partial charge in [0.1, 0.15) is 12.0 Å². The van der Waals surface area contributed by atoms with E-state index >= 15 is 0 Å². The number of ether oxygens (including phenoxy) is 1. The van der Waals surface area contributed by atoms with Gasteiger partial charge in [0.05, 0.1) is 17.2 Å². The van der Waals surface area contributed by atoms with Crippen LogP contribution in [0.3, 0.4) is 0 Å². The molecule has 0 saturated carbocycles. The lowest BCUT2D eigenvalue weighted by atomic mass is 10.0. The summed E-state index contributed by atoms with van der Waals surface area (Å²) in [6.07, 6.45) is 4.19. The zero-order valence-corrected chi connectivity index (χ0v) is 15.2. The van der Waals surface area contributed by atoms with E-state index in [1.807, 2.05) is 24.4 Å². The Labute approximate surface area is 152 Å². The summed E-state index contributed by atoms with van der Waals surface area (Å²) < 4.78 is 11.2. The number of thiophene rings is 1. The smallest absolute Gasteiger partial charge is 0.236 e. The van der Waals surface area contributed by atoms with E-state index in [0.29, 0.717) is 12.6 Å². The van der Waals surface area contributed by atoms with Crippen molar-refractivity contribution in [3.63, 3.8) is 0 Å². The first-order valence-electron chi connectivity index (χ1n) is 8.78. The van der Waals surface area contributed by atoms with Gasteiger partial charge in [-0.05, 0) is 55.5 Å². The lowest BCUT2D eigenvalue weighted by Crippen LogP contribution is -2.22. The number of likely N-dealkylation sites (tertiary alicyclic amines) is 1. The van der Waals surface area contributed by atoms with Crippen LogP contribution in [-0.4, -0.2) is 23.0 Å². The third-order valence-electron chi connectivity index (χ3n) is 4.59. The van der Waals surface area contributed by atoms with Crippen molar-refractivity contribution in [1.29, 1.82) is 0 Å². The van der Waals surface area contributed by atoms with Gasteiger partial charge in [0, 0.05) is 12.6 Å². The number of nitrogens with zero attached hydrogens (tertiary/aromatic N) is 2. The number of oxazole rings is 1. The van der Waals surface area contributed by atoms with Crippen molar-refractivity contribution in [2.75, 3.05) is 13.2 Å². The molecule has 1 atom stereocenters. The van der Waals surface area contributed by atoms with Crippen molar-refractivity contribution in [1.82, 2.24) is 9.88 Å². The summed E-state index contributed by atoms with van der Waals surface area (Å²) in [7, 11) is 0. The molecular formula is C20H22N2O2S. The molecule has 3 aromatic rings. The highest BCUT2D eigenvalue weighted by Gasteiger charge is 2.27. The number of aromatic nitrogens is 1. The molecule has 0 unspecified atom stereocenters. The largest absolute Gasteiger partial charge is 0.494 e. The van der Waals surface area contributed by atoms with Crippen LogP contribution in [0.2, 0.25) is 0 Å². The maximum absolute atomic E-state index is 5.66. The van der Waals surface area contributed by atoms with Crippen molar-refractivity contribution in [2.45, 2.75) is 32.4 Å². The molecule has 1 fully saturated rings. The Morgan fingerprint density at radius 3 is 2.92 bits per heavy atom. The minimum absolute atomic E-state index is 0.442. The molecular weight excluding hydrogens is 332 g/mol. The summed E-state index contributed by atoms with van der Waals surface area (Å²) in [6, 6.07) is 13.0. The van der Waals surface area contributed by atoms with E-state index in [0.717, 1.165) is 35.3 Å². The molecule has 0 aliphatic carbocycles. The number of hydrogen-bond donors (Lipinski definition) is 0. The molecule has 4 rings (SSSR count). The van der Waals surface area contributed by atoms with Gasteiger partial charge in [-0.2, -0.15) is 0 Å². The summed E-state index contributed by atoms with van der Waals surface area (Å²) >= 11 is 1.65. The first-order chi connectivity index (χ1) is 12.3. The molecule has 2 aromatic heterocycles. The standard InChI is InChI=1S/C20H22N2O2S/c1-2-23-17-9-7-15(8-10-17)18-5-3-11-22(18)13-16-14-24-20(21-16)19-6-4-12-25-19/h4,6-10,12,14,18H,2-3,5,11,13H2,1H3/t18-/m0/s1. The van der Waals surface area contributed by atoms with E-state index in [9.17, 15) is 0 Å². The normalized spacial score (nSPS) is 17.9. The van der Waals surface area contributed by atoms with Crippen LogP contribution in [-0.2, 0) is 6.54 Å². The summed E-state index contributed by atoms with van der Waals surface area (Å²) in [5, 5.41) is 2.04. The predicted octanol–water partition coefficient (Wildman–Crippen LogP) is 5.14. The summed E-state index contributed by atoms with van der Waals surface area (Å²) in [5.74, 6) is 1.66. The minimum Gasteiger partial charge on any atom is -0.494 e. The lowest BCUT2D eigenvalue weighted by Gasteiger charge is -2.24. The number of hydrogen-bond acceptors (Lipinski definition) is 5. The van der Waals surface area contributed by atoms with Crippen LogP contribution in [0.25, 0.3) is 10.8 Å². The van der Waals surface area contributed by atoms with Gasteiger partial charge in [-0.15, -0.1) is 11.3 Å². The van der Waals surface area contributed by atoms with Crippen molar-refractivity contribution in [3.05, 3.63) is 59.3 Å². The highest BCUT2D eigenvalue weighted by atomic mass is 32.1. The fourth-order valence-corrected chi connectivity index (χ4v) is 4.10. The van der Waals surface area contributed by atoms with Crippen molar-refractivity contribution in [2.24, 2.45) is 0 Å². The molecule has 0 amide bonds. The Balaban J connectivity index is 1.46. The van der Waals surface area contributed by atoms with Crippen molar-refractivity contribution in [3.8, 4) is 16.5 Å². The van der Waals surface area contributed by atoms with Gasteiger partial charge in [-0.25, -0.2) is 4.98 Å². The first kappa shape index (κ1) is 16.4. The SMILES string of the molecule is CCOc1ccc([C@@H]2CCCN2Cc2coc(-c3cccs3)n2)cc1. The first-order valence-corrected chi connectivity index (χ1v) is 9.66. The molecule has 0 N–H and O–H groups in total. The van der Waals surface area contributed by atoms with Crippen LogP contribution in [0.1, 0.15) is 37.1 Å². The summed E-state index contributed by atoms with van der Waals surface area (Å²) in [4.78, 5) is 8.24. The summed E-state index contributed by atoms with van der Waals surface area (Å²) in [5.41, 5.74) is 2.35.